The molecule has 0 atom stereocenters. The number of benzene rings is 2. The van der Waals surface area contributed by atoms with E-state index in [0.29, 0.717) is 0 Å². The number of halogens is 2. The number of hydrogen-bond donors (Lipinski definition) is 0. The maximum atomic E-state index is 6.64. The zero-order valence-corrected chi connectivity index (χ0v) is 12.9. The van der Waals surface area contributed by atoms with Crippen LogP contribution in [0, 0.1) is 13.8 Å². The van der Waals surface area contributed by atoms with Crippen LogP contribution in [-0.4, -0.2) is 0 Å². The third-order valence-electron chi connectivity index (χ3n) is 2.83. The molecule has 88 valence electrons. The molecule has 0 aromatic heterocycles. The summed E-state index contributed by atoms with van der Waals surface area (Å²) in [5, 5.41) is 0. The van der Waals surface area contributed by atoms with E-state index in [1.165, 1.54) is 11.1 Å². The van der Waals surface area contributed by atoms with Crippen LogP contribution >= 0.6 is 18.6 Å². The van der Waals surface area contributed by atoms with Crippen LogP contribution in [-0.2, 0) is 14.5 Å². The van der Waals surface area contributed by atoms with Gasteiger partial charge in [0, 0.05) is 0 Å². The van der Waals surface area contributed by atoms with E-state index in [2.05, 4.69) is 62.4 Å². The third-order valence-corrected chi connectivity index (χ3v) is 9.73. The first-order chi connectivity index (χ1) is 8.00. The fraction of sp³-hybridized carbons (Fsp3) is 0.143. The molecular weight excluding hydrogens is 287 g/mol. The molecule has 0 aliphatic carbocycles. The number of hydrogen-bond acceptors (Lipinski definition) is 0. The van der Waals surface area contributed by atoms with Gasteiger partial charge in [-0.15, -0.1) is 0 Å². The molecule has 0 amide bonds. The summed E-state index contributed by atoms with van der Waals surface area (Å²) in [5.41, 5.74) is 2.45. The molecule has 0 saturated carbocycles. The second-order valence-corrected chi connectivity index (χ2v) is 13.4. The van der Waals surface area contributed by atoms with Crippen molar-refractivity contribution in [2.45, 2.75) is 13.8 Å². The fourth-order valence-corrected chi connectivity index (χ4v) is 6.12. The molecule has 0 aliphatic heterocycles. The van der Waals surface area contributed by atoms with Gasteiger partial charge in [-0.25, -0.2) is 0 Å². The topological polar surface area (TPSA) is 0 Å². The Hall–Kier alpha value is -0.266. The van der Waals surface area contributed by atoms with Crippen molar-refractivity contribution in [3.05, 3.63) is 59.7 Å². The van der Waals surface area contributed by atoms with Crippen molar-refractivity contribution in [3.63, 3.8) is 0 Å². The third kappa shape index (κ3) is 2.95. The summed E-state index contributed by atoms with van der Waals surface area (Å²) >= 11 is -3.11. The Morgan fingerprint density at radius 3 is 1.24 bits per heavy atom. The summed E-state index contributed by atoms with van der Waals surface area (Å²) in [6.45, 7) is 4.12. The van der Waals surface area contributed by atoms with Gasteiger partial charge in [-0.3, -0.25) is 0 Å². The van der Waals surface area contributed by atoms with Gasteiger partial charge in [0.2, 0.25) is 0 Å². The Labute approximate surface area is 114 Å². The van der Waals surface area contributed by atoms with E-state index in [1.54, 1.807) is 0 Å². The van der Waals surface area contributed by atoms with E-state index in [9.17, 15) is 0 Å². The van der Waals surface area contributed by atoms with Crippen molar-refractivity contribution in [3.8, 4) is 0 Å². The minimum atomic E-state index is -3.11. The molecule has 2 aromatic rings. The summed E-state index contributed by atoms with van der Waals surface area (Å²) in [6, 6.07) is 16.5. The number of rotatable bonds is 2. The average molecular weight is 301 g/mol. The molecule has 2 aromatic carbocycles. The van der Waals surface area contributed by atoms with Crippen LogP contribution in [0.3, 0.4) is 0 Å². The molecule has 0 bridgehead atoms. The Balaban J connectivity index is 2.41. The molecule has 0 unspecified atom stereocenters. The van der Waals surface area contributed by atoms with Crippen LogP contribution in [0.15, 0.2) is 48.5 Å². The molecule has 0 heterocycles. The van der Waals surface area contributed by atoms with E-state index in [-0.39, 0.29) is 0 Å². The summed E-state index contributed by atoms with van der Waals surface area (Å²) in [6.07, 6.45) is 0. The Morgan fingerprint density at radius 1 is 0.647 bits per heavy atom. The molecule has 0 fully saturated rings. The monoisotopic (exact) mass is 300 g/mol. The van der Waals surface area contributed by atoms with Gasteiger partial charge in [0.05, 0.1) is 0 Å². The van der Waals surface area contributed by atoms with E-state index >= 15 is 0 Å². The van der Waals surface area contributed by atoms with Crippen LogP contribution in [0.25, 0.3) is 0 Å². The summed E-state index contributed by atoms with van der Waals surface area (Å²) in [7, 11) is 13.3. The van der Waals surface area contributed by atoms with E-state index in [0.717, 1.165) is 7.74 Å². The zero-order chi connectivity index (χ0) is 12.5. The number of aryl methyl sites for hydroxylation is 2. The molecule has 0 spiro atoms. The van der Waals surface area contributed by atoms with E-state index in [1.807, 2.05) is 0 Å². The normalized spacial score (nSPS) is 11.5. The first-order valence-electron chi connectivity index (χ1n) is 5.52. The molecular formula is C14H14Cl2Ti. The van der Waals surface area contributed by atoms with Crippen LogP contribution < -0.4 is 7.74 Å². The molecule has 2 rings (SSSR count). The van der Waals surface area contributed by atoms with Gasteiger partial charge in [0.1, 0.15) is 0 Å². The van der Waals surface area contributed by atoms with Crippen molar-refractivity contribution in [1.82, 2.24) is 0 Å². The first-order valence-corrected chi connectivity index (χ1v) is 11.4. The van der Waals surface area contributed by atoms with E-state index in [4.69, 9.17) is 18.6 Å². The van der Waals surface area contributed by atoms with Gasteiger partial charge < -0.3 is 0 Å². The summed E-state index contributed by atoms with van der Waals surface area (Å²) in [4.78, 5) is 0. The Bertz CT molecular complexity index is 453. The van der Waals surface area contributed by atoms with Crippen molar-refractivity contribution in [2.24, 2.45) is 0 Å². The van der Waals surface area contributed by atoms with Crippen molar-refractivity contribution in [1.29, 1.82) is 0 Å². The van der Waals surface area contributed by atoms with Gasteiger partial charge in [-0.2, -0.15) is 0 Å². The maximum absolute atomic E-state index is 6.64. The standard InChI is InChI=1S/2C7H7.2ClH.Ti/c2*1-7-5-3-2-4-6-7;;;/h2*3-6H,1H3;2*1H;/q;;;;+2/p-2. The Morgan fingerprint density at radius 2 is 0.941 bits per heavy atom. The first kappa shape index (κ1) is 13.2. The van der Waals surface area contributed by atoms with Crippen molar-refractivity contribution < 1.29 is 14.5 Å². The minimum absolute atomic E-state index is 1.09. The second-order valence-electron chi connectivity index (χ2n) is 4.31. The van der Waals surface area contributed by atoms with Crippen LogP contribution in [0.5, 0.6) is 0 Å². The molecule has 3 heteroatoms. The van der Waals surface area contributed by atoms with Crippen molar-refractivity contribution >= 4 is 26.3 Å². The average Bonchev–Trinajstić information content (AvgIpc) is 2.30. The zero-order valence-electron chi connectivity index (χ0n) is 9.87. The van der Waals surface area contributed by atoms with Gasteiger partial charge >= 0.3 is 114 Å². The van der Waals surface area contributed by atoms with Gasteiger partial charge in [0.25, 0.3) is 0 Å². The Kier molecular flexibility index (Phi) is 4.00. The summed E-state index contributed by atoms with van der Waals surface area (Å²) in [5.74, 6) is 0. The predicted octanol–water partition coefficient (Wildman–Crippen LogP) is 3.72. The van der Waals surface area contributed by atoms with E-state index < -0.39 is 14.5 Å². The molecule has 0 saturated heterocycles. The molecule has 0 nitrogen and oxygen atoms in total. The molecule has 0 N–H and O–H groups in total. The summed E-state index contributed by atoms with van der Waals surface area (Å²) < 4.78 is 2.17. The molecule has 0 aliphatic rings. The second kappa shape index (κ2) is 5.16. The molecule has 0 radical (unpaired) electrons. The van der Waals surface area contributed by atoms with Gasteiger partial charge in [-0.1, -0.05) is 0 Å². The molecule has 17 heavy (non-hydrogen) atoms. The van der Waals surface area contributed by atoms with Crippen LogP contribution in [0.4, 0.5) is 0 Å². The van der Waals surface area contributed by atoms with Gasteiger partial charge in [-0.05, 0) is 0 Å². The van der Waals surface area contributed by atoms with Gasteiger partial charge in [0.15, 0.2) is 0 Å². The van der Waals surface area contributed by atoms with Crippen molar-refractivity contribution in [2.75, 3.05) is 0 Å². The van der Waals surface area contributed by atoms with Crippen LogP contribution in [0.1, 0.15) is 11.1 Å². The SMILES string of the molecule is Cc1cc[c]([Ti]([Cl])([Cl])[c]2ccc(C)cc2)cc1. The fourth-order valence-electron chi connectivity index (χ4n) is 1.69. The van der Waals surface area contributed by atoms with Crippen LogP contribution in [0.2, 0.25) is 0 Å². The quantitative estimate of drug-likeness (QED) is 0.742. The predicted molar refractivity (Wildman–Crippen MR) is 73.3 cm³/mol.